The number of benzene rings is 1. The number of rotatable bonds is 4. The number of amides is 1. The Hall–Kier alpha value is -1.71. The Balaban J connectivity index is 2.21. The molecule has 1 amide bonds. The number of carbonyl (C=O) groups is 1. The summed E-state index contributed by atoms with van der Waals surface area (Å²) in [5.74, 6) is 0.693. The van der Waals surface area contributed by atoms with Crippen LogP contribution in [0, 0.1) is 0 Å². The van der Waals surface area contributed by atoms with Gasteiger partial charge in [-0.1, -0.05) is 19.3 Å². The Bertz CT molecular complexity index is 468. The lowest BCUT2D eigenvalue weighted by Crippen LogP contribution is -2.41. The minimum Gasteiger partial charge on any atom is -0.497 e. The van der Waals surface area contributed by atoms with Gasteiger partial charge in [-0.25, -0.2) is 0 Å². The van der Waals surface area contributed by atoms with Gasteiger partial charge in [-0.05, 0) is 31.9 Å². The van der Waals surface area contributed by atoms with Crippen molar-refractivity contribution >= 4 is 11.6 Å². The van der Waals surface area contributed by atoms with Crippen molar-refractivity contribution in [3.8, 4) is 5.75 Å². The monoisotopic (exact) mass is 276 g/mol. The summed E-state index contributed by atoms with van der Waals surface area (Å²) in [5.41, 5.74) is 7.02. The number of nitrogen functional groups attached to an aromatic ring is 1. The Morgan fingerprint density at radius 3 is 2.60 bits per heavy atom. The van der Waals surface area contributed by atoms with Crippen molar-refractivity contribution < 1.29 is 9.53 Å². The predicted molar refractivity (Wildman–Crippen MR) is 81.0 cm³/mol. The number of carbonyl (C=O) groups excluding carboxylic acids is 1. The van der Waals surface area contributed by atoms with Crippen LogP contribution in [0.15, 0.2) is 18.2 Å². The van der Waals surface area contributed by atoms with E-state index in [1.165, 1.54) is 19.3 Å². The molecular weight excluding hydrogens is 252 g/mol. The summed E-state index contributed by atoms with van der Waals surface area (Å²) in [6.07, 6.45) is 5.94. The van der Waals surface area contributed by atoms with Crippen LogP contribution in [0.3, 0.4) is 0 Å². The molecule has 0 aliphatic heterocycles. The van der Waals surface area contributed by atoms with Crippen LogP contribution in [0.4, 0.5) is 5.69 Å². The van der Waals surface area contributed by atoms with E-state index in [1.807, 2.05) is 11.8 Å². The molecule has 4 nitrogen and oxygen atoms in total. The van der Waals surface area contributed by atoms with Gasteiger partial charge in [0, 0.05) is 29.9 Å². The molecule has 1 aromatic rings. The molecule has 2 rings (SSSR count). The average molecular weight is 276 g/mol. The standard InChI is InChI=1S/C16H24N2O2/c1-3-18(14-7-5-4-6-8-14)16(19)12-9-13(17)11-15(10-12)20-2/h9-11,14H,3-8,17H2,1-2H3. The summed E-state index contributed by atoms with van der Waals surface area (Å²) in [6.45, 7) is 2.77. The van der Waals surface area contributed by atoms with Gasteiger partial charge in [-0.3, -0.25) is 4.79 Å². The lowest BCUT2D eigenvalue weighted by molar-refractivity contribution is 0.0647. The molecule has 0 bridgehead atoms. The van der Waals surface area contributed by atoms with E-state index in [0.29, 0.717) is 23.0 Å². The van der Waals surface area contributed by atoms with E-state index in [1.54, 1.807) is 25.3 Å². The van der Waals surface area contributed by atoms with Crippen LogP contribution in [-0.4, -0.2) is 30.5 Å². The highest BCUT2D eigenvalue weighted by Gasteiger charge is 2.25. The predicted octanol–water partition coefficient (Wildman–Crippen LogP) is 3.07. The van der Waals surface area contributed by atoms with Crippen molar-refractivity contribution in [3.05, 3.63) is 23.8 Å². The number of anilines is 1. The Morgan fingerprint density at radius 2 is 2.00 bits per heavy atom. The smallest absolute Gasteiger partial charge is 0.254 e. The molecule has 1 aliphatic carbocycles. The largest absolute Gasteiger partial charge is 0.497 e. The van der Waals surface area contributed by atoms with Gasteiger partial charge in [0.25, 0.3) is 5.91 Å². The fourth-order valence-corrected chi connectivity index (χ4v) is 2.99. The van der Waals surface area contributed by atoms with Crippen LogP contribution in [-0.2, 0) is 0 Å². The first kappa shape index (κ1) is 14.7. The molecule has 0 heterocycles. The highest BCUT2D eigenvalue weighted by Crippen LogP contribution is 2.25. The number of ether oxygens (including phenoxy) is 1. The molecule has 1 saturated carbocycles. The second-order valence-electron chi connectivity index (χ2n) is 5.38. The quantitative estimate of drug-likeness (QED) is 0.860. The minimum atomic E-state index is 0.0602. The number of methoxy groups -OCH3 is 1. The number of nitrogens with zero attached hydrogens (tertiary/aromatic N) is 1. The fourth-order valence-electron chi connectivity index (χ4n) is 2.99. The third-order valence-corrected chi connectivity index (χ3v) is 4.03. The first-order chi connectivity index (χ1) is 9.65. The number of nitrogens with two attached hydrogens (primary N) is 1. The maximum Gasteiger partial charge on any atom is 0.254 e. The lowest BCUT2D eigenvalue weighted by Gasteiger charge is -2.33. The molecule has 1 aromatic carbocycles. The van der Waals surface area contributed by atoms with Gasteiger partial charge < -0.3 is 15.4 Å². The van der Waals surface area contributed by atoms with Gasteiger partial charge in [0.2, 0.25) is 0 Å². The van der Waals surface area contributed by atoms with Gasteiger partial charge in [0.1, 0.15) is 5.75 Å². The van der Waals surface area contributed by atoms with Crippen LogP contribution >= 0.6 is 0 Å². The molecule has 0 atom stereocenters. The number of hydrogen-bond donors (Lipinski definition) is 1. The van der Waals surface area contributed by atoms with Gasteiger partial charge in [-0.15, -0.1) is 0 Å². The Labute approximate surface area is 120 Å². The van der Waals surface area contributed by atoms with Gasteiger partial charge in [-0.2, -0.15) is 0 Å². The fraction of sp³-hybridized carbons (Fsp3) is 0.562. The van der Waals surface area contributed by atoms with Gasteiger partial charge in [0.15, 0.2) is 0 Å². The lowest BCUT2D eigenvalue weighted by atomic mass is 9.93. The maximum atomic E-state index is 12.7. The maximum absolute atomic E-state index is 12.7. The summed E-state index contributed by atoms with van der Waals surface area (Å²) in [4.78, 5) is 14.7. The zero-order valence-corrected chi connectivity index (χ0v) is 12.4. The molecule has 0 spiro atoms. The third kappa shape index (κ3) is 3.24. The van der Waals surface area contributed by atoms with Gasteiger partial charge >= 0.3 is 0 Å². The molecule has 0 radical (unpaired) electrons. The summed E-state index contributed by atoms with van der Waals surface area (Å²) < 4.78 is 5.19. The summed E-state index contributed by atoms with van der Waals surface area (Å²) in [7, 11) is 1.59. The molecule has 1 fully saturated rings. The first-order valence-electron chi connectivity index (χ1n) is 7.41. The normalized spacial score (nSPS) is 15.9. The molecule has 20 heavy (non-hydrogen) atoms. The zero-order chi connectivity index (χ0) is 14.5. The van der Waals surface area contributed by atoms with Crippen molar-refractivity contribution in [1.29, 1.82) is 0 Å². The Morgan fingerprint density at radius 1 is 1.30 bits per heavy atom. The highest BCUT2D eigenvalue weighted by molar-refractivity contribution is 5.95. The molecule has 0 aromatic heterocycles. The molecular formula is C16H24N2O2. The van der Waals surface area contributed by atoms with Crippen LogP contribution in [0.1, 0.15) is 49.4 Å². The summed E-state index contributed by atoms with van der Waals surface area (Å²) in [5, 5.41) is 0. The molecule has 0 saturated heterocycles. The van der Waals surface area contributed by atoms with Crippen LogP contribution in [0.2, 0.25) is 0 Å². The van der Waals surface area contributed by atoms with Crippen LogP contribution in [0.25, 0.3) is 0 Å². The van der Waals surface area contributed by atoms with E-state index in [4.69, 9.17) is 10.5 Å². The molecule has 2 N–H and O–H groups in total. The number of hydrogen-bond acceptors (Lipinski definition) is 3. The first-order valence-corrected chi connectivity index (χ1v) is 7.41. The third-order valence-electron chi connectivity index (χ3n) is 4.03. The Kier molecular flexibility index (Phi) is 4.88. The average Bonchev–Trinajstić information content (AvgIpc) is 2.48. The van der Waals surface area contributed by atoms with Crippen LogP contribution in [0.5, 0.6) is 5.75 Å². The van der Waals surface area contributed by atoms with Crippen molar-refractivity contribution in [3.63, 3.8) is 0 Å². The minimum absolute atomic E-state index is 0.0602. The van der Waals surface area contributed by atoms with E-state index >= 15 is 0 Å². The van der Waals surface area contributed by atoms with Gasteiger partial charge in [0.05, 0.1) is 7.11 Å². The topological polar surface area (TPSA) is 55.6 Å². The second kappa shape index (κ2) is 6.64. The highest BCUT2D eigenvalue weighted by atomic mass is 16.5. The van der Waals surface area contributed by atoms with E-state index in [9.17, 15) is 4.79 Å². The second-order valence-corrected chi connectivity index (χ2v) is 5.38. The molecule has 4 heteroatoms. The van der Waals surface area contributed by atoms with Crippen molar-refractivity contribution in [2.75, 3.05) is 19.4 Å². The van der Waals surface area contributed by atoms with Crippen molar-refractivity contribution in [1.82, 2.24) is 4.90 Å². The van der Waals surface area contributed by atoms with Crippen molar-refractivity contribution in [2.24, 2.45) is 0 Å². The SMILES string of the molecule is CCN(C(=O)c1cc(N)cc(OC)c1)C1CCCCC1. The molecule has 1 aliphatic rings. The van der Waals surface area contributed by atoms with E-state index in [0.717, 1.165) is 19.4 Å². The van der Waals surface area contributed by atoms with E-state index in [2.05, 4.69) is 0 Å². The summed E-state index contributed by atoms with van der Waals surface area (Å²) in [6, 6.07) is 5.60. The summed E-state index contributed by atoms with van der Waals surface area (Å²) >= 11 is 0. The van der Waals surface area contributed by atoms with Crippen LogP contribution < -0.4 is 10.5 Å². The van der Waals surface area contributed by atoms with E-state index in [-0.39, 0.29) is 5.91 Å². The molecule has 110 valence electrons. The van der Waals surface area contributed by atoms with Crippen molar-refractivity contribution in [2.45, 2.75) is 45.1 Å². The zero-order valence-electron chi connectivity index (χ0n) is 12.4. The van der Waals surface area contributed by atoms with E-state index < -0.39 is 0 Å². The molecule has 0 unspecified atom stereocenters.